The molecule has 1 N–H and O–H groups in total. The fourth-order valence-electron chi connectivity index (χ4n) is 3.27. The lowest BCUT2D eigenvalue weighted by Crippen LogP contribution is -1.99. The van der Waals surface area contributed by atoms with Crippen LogP contribution in [0.3, 0.4) is 0 Å². The minimum atomic E-state index is -0.0188. The number of nitrogens with zero attached hydrogens (tertiary/aromatic N) is 1. The average Bonchev–Trinajstić information content (AvgIpc) is 3.07. The van der Waals surface area contributed by atoms with Crippen molar-refractivity contribution >= 4 is 34.1 Å². The molecule has 0 unspecified atom stereocenters. The fourth-order valence-corrected chi connectivity index (χ4v) is 3.59. The molecule has 3 nitrogen and oxygen atoms in total. The Hall–Kier alpha value is -2.46. The van der Waals surface area contributed by atoms with E-state index in [9.17, 15) is 5.11 Å². The summed E-state index contributed by atoms with van der Waals surface area (Å²) in [6.45, 7) is 1.11. The van der Waals surface area contributed by atoms with Gasteiger partial charge in [0.2, 0.25) is 0 Å². The predicted molar refractivity (Wildman–Crippen MR) is 114 cm³/mol. The fraction of sp³-hybridized carbons (Fsp3) is 0.130. The number of halogens is 2. The van der Waals surface area contributed by atoms with E-state index in [0.29, 0.717) is 23.2 Å². The van der Waals surface area contributed by atoms with E-state index < -0.39 is 0 Å². The zero-order chi connectivity index (χ0) is 19.5. The summed E-state index contributed by atoms with van der Waals surface area (Å²) < 4.78 is 8.06. The number of benzene rings is 3. The van der Waals surface area contributed by atoms with Crippen molar-refractivity contribution in [2.24, 2.45) is 0 Å². The Balaban J connectivity index is 1.64. The number of aromatic nitrogens is 1. The van der Waals surface area contributed by atoms with Gasteiger partial charge in [0.25, 0.3) is 0 Å². The van der Waals surface area contributed by atoms with Crippen LogP contribution >= 0.6 is 23.2 Å². The summed E-state index contributed by atoms with van der Waals surface area (Å²) in [7, 11) is 0. The lowest BCUT2D eigenvalue weighted by atomic mass is 10.2. The van der Waals surface area contributed by atoms with Crippen LogP contribution in [0.4, 0.5) is 0 Å². The van der Waals surface area contributed by atoms with Crippen LogP contribution in [0, 0.1) is 0 Å². The molecule has 0 fully saturated rings. The second kappa shape index (κ2) is 8.27. The van der Waals surface area contributed by atoms with Crippen molar-refractivity contribution in [2.45, 2.75) is 19.8 Å². The summed E-state index contributed by atoms with van der Waals surface area (Å²) >= 11 is 12.2. The molecule has 1 heterocycles. The normalized spacial score (nSPS) is 11.1. The third kappa shape index (κ3) is 4.02. The quantitative estimate of drug-likeness (QED) is 0.417. The smallest absolute Gasteiger partial charge is 0.121 e. The van der Waals surface area contributed by atoms with Crippen LogP contribution < -0.4 is 4.74 Å². The van der Waals surface area contributed by atoms with Gasteiger partial charge in [0.15, 0.2) is 0 Å². The van der Waals surface area contributed by atoms with Crippen molar-refractivity contribution in [2.75, 3.05) is 0 Å². The van der Waals surface area contributed by atoms with Crippen molar-refractivity contribution in [1.29, 1.82) is 0 Å². The molecule has 4 aromatic rings. The molecule has 142 valence electrons. The first kappa shape index (κ1) is 18.9. The summed E-state index contributed by atoms with van der Waals surface area (Å²) in [5.74, 6) is 0.786. The van der Waals surface area contributed by atoms with E-state index in [4.69, 9.17) is 27.9 Å². The molecule has 28 heavy (non-hydrogen) atoms. The van der Waals surface area contributed by atoms with Crippen molar-refractivity contribution in [3.63, 3.8) is 0 Å². The van der Waals surface area contributed by atoms with Crippen molar-refractivity contribution in [1.82, 2.24) is 4.57 Å². The van der Waals surface area contributed by atoms with E-state index in [1.165, 1.54) is 0 Å². The SMILES string of the molecule is OCc1cn(Cc2ccc(Cl)c(Cl)c2)c2cc(OCc3ccccc3)ccc12. The molecule has 0 radical (unpaired) electrons. The molecule has 0 atom stereocenters. The van der Waals surface area contributed by atoms with Gasteiger partial charge in [-0.1, -0.05) is 59.6 Å². The Morgan fingerprint density at radius 1 is 0.857 bits per heavy atom. The molecule has 0 aliphatic carbocycles. The standard InChI is InChI=1S/C23H19Cl2NO2/c24-21-9-6-17(10-22(21)25)12-26-13-18(14-27)20-8-7-19(11-23(20)26)28-15-16-4-2-1-3-5-16/h1-11,13,27H,12,14-15H2. The van der Waals surface area contributed by atoms with E-state index in [2.05, 4.69) is 4.57 Å². The number of fused-ring (bicyclic) bond motifs is 1. The van der Waals surface area contributed by atoms with Crippen LogP contribution in [-0.4, -0.2) is 9.67 Å². The Bertz CT molecular complexity index is 1110. The zero-order valence-electron chi connectivity index (χ0n) is 15.1. The Morgan fingerprint density at radius 2 is 1.68 bits per heavy atom. The third-order valence-electron chi connectivity index (χ3n) is 4.69. The molecule has 0 saturated carbocycles. The number of hydrogen-bond acceptors (Lipinski definition) is 2. The van der Waals surface area contributed by atoms with Gasteiger partial charge in [0.05, 0.1) is 22.2 Å². The zero-order valence-corrected chi connectivity index (χ0v) is 16.6. The van der Waals surface area contributed by atoms with E-state index >= 15 is 0 Å². The number of rotatable bonds is 6. The number of ether oxygens (including phenoxy) is 1. The molecule has 0 bridgehead atoms. The van der Waals surface area contributed by atoms with Crippen LogP contribution in [0.1, 0.15) is 16.7 Å². The van der Waals surface area contributed by atoms with Gasteiger partial charge in [-0.05, 0) is 35.4 Å². The van der Waals surface area contributed by atoms with Gasteiger partial charge < -0.3 is 14.4 Å². The lowest BCUT2D eigenvalue weighted by Gasteiger charge is -2.10. The first-order chi connectivity index (χ1) is 13.6. The highest BCUT2D eigenvalue weighted by Gasteiger charge is 2.11. The van der Waals surface area contributed by atoms with Gasteiger partial charge in [0, 0.05) is 29.8 Å². The first-order valence-corrected chi connectivity index (χ1v) is 9.73. The molecule has 5 heteroatoms. The van der Waals surface area contributed by atoms with Gasteiger partial charge >= 0.3 is 0 Å². The van der Waals surface area contributed by atoms with Crippen LogP contribution in [-0.2, 0) is 19.8 Å². The highest BCUT2D eigenvalue weighted by atomic mass is 35.5. The number of hydrogen-bond donors (Lipinski definition) is 1. The second-order valence-electron chi connectivity index (χ2n) is 6.64. The van der Waals surface area contributed by atoms with Crippen molar-refractivity contribution in [3.8, 4) is 5.75 Å². The number of aliphatic hydroxyl groups excluding tert-OH is 1. The molecule has 0 amide bonds. The highest BCUT2D eigenvalue weighted by Crippen LogP contribution is 2.29. The summed E-state index contributed by atoms with van der Waals surface area (Å²) in [4.78, 5) is 0. The van der Waals surface area contributed by atoms with E-state index in [-0.39, 0.29) is 6.61 Å². The maximum Gasteiger partial charge on any atom is 0.121 e. The minimum Gasteiger partial charge on any atom is -0.489 e. The summed E-state index contributed by atoms with van der Waals surface area (Å²) in [6, 6.07) is 21.6. The maximum atomic E-state index is 9.73. The Labute approximate surface area is 173 Å². The van der Waals surface area contributed by atoms with E-state index in [0.717, 1.165) is 33.3 Å². The first-order valence-electron chi connectivity index (χ1n) is 8.97. The van der Waals surface area contributed by atoms with Crippen LogP contribution in [0.25, 0.3) is 10.9 Å². The van der Waals surface area contributed by atoms with Gasteiger partial charge in [0.1, 0.15) is 12.4 Å². The van der Waals surface area contributed by atoms with E-state index in [1.807, 2.05) is 66.9 Å². The van der Waals surface area contributed by atoms with E-state index in [1.54, 1.807) is 6.07 Å². The van der Waals surface area contributed by atoms with Gasteiger partial charge in [-0.2, -0.15) is 0 Å². The van der Waals surface area contributed by atoms with Crippen molar-refractivity contribution < 1.29 is 9.84 Å². The van der Waals surface area contributed by atoms with Crippen molar-refractivity contribution in [3.05, 3.63) is 99.7 Å². The molecule has 0 aliphatic heterocycles. The molecular weight excluding hydrogens is 393 g/mol. The molecular formula is C23H19Cl2NO2. The maximum absolute atomic E-state index is 9.73. The molecule has 0 saturated heterocycles. The predicted octanol–water partition coefficient (Wildman–Crippen LogP) is 6.07. The van der Waals surface area contributed by atoms with Gasteiger partial charge in [-0.15, -0.1) is 0 Å². The van der Waals surface area contributed by atoms with Crippen LogP contribution in [0.2, 0.25) is 10.0 Å². The van der Waals surface area contributed by atoms with Gasteiger partial charge in [-0.25, -0.2) is 0 Å². The Kier molecular flexibility index (Phi) is 5.58. The summed E-state index contributed by atoms with van der Waals surface area (Å²) in [5, 5.41) is 11.8. The summed E-state index contributed by atoms with van der Waals surface area (Å²) in [5.41, 5.74) is 4.03. The molecule has 0 aliphatic rings. The van der Waals surface area contributed by atoms with Crippen LogP contribution in [0.5, 0.6) is 5.75 Å². The average molecular weight is 412 g/mol. The Morgan fingerprint density at radius 3 is 2.43 bits per heavy atom. The third-order valence-corrected chi connectivity index (χ3v) is 5.43. The molecule has 1 aromatic heterocycles. The molecule has 3 aromatic carbocycles. The summed E-state index contributed by atoms with van der Waals surface area (Å²) in [6.07, 6.45) is 1.97. The molecule has 4 rings (SSSR count). The van der Waals surface area contributed by atoms with Gasteiger partial charge in [-0.3, -0.25) is 0 Å². The lowest BCUT2D eigenvalue weighted by molar-refractivity contribution is 0.283. The minimum absolute atomic E-state index is 0.0188. The topological polar surface area (TPSA) is 34.4 Å². The van der Waals surface area contributed by atoms with Crippen LogP contribution in [0.15, 0.2) is 72.9 Å². The molecule has 0 spiro atoms. The monoisotopic (exact) mass is 411 g/mol. The number of aliphatic hydroxyl groups is 1. The highest BCUT2D eigenvalue weighted by molar-refractivity contribution is 6.42. The largest absolute Gasteiger partial charge is 0.489 e. The second-order valence-corrected chi connectivity index (χ2v) is 7.46.